The largest absolute Gasteiger partial charge is 3.00 e. The van der Waals surface area contributed by atoms with Gasteiger partial charge < -0.3 is 19.2 Å². The van der Waals surface area contributed by atoms with Crippen LogP contribution in [-0.4, -0.2) is 0 Å². The fourth-order valence-electron chi connectivity index (χ4n) is 0. The minimum absolute atomic E-state index is 0. The van der Waals surface area contributed by atoms with E-state index < -0.39 is 7.82 Å². The van der Waals surface area contributed by atoms with E-state index in [0.29, 0.717) is 0 Å². The Kier molecular flexibility index (Phi) is 6.00. The summed E-state index contributed by atoms with van der Waals surface area (Å²) in [6.45, 7) is 0. The van der Waals surface area contributed by atoms with Crippen molar-refractivity contribution in [2.75, 3.05) is 0 Å². The second-order valence-corrected chi connectivity index (χ2v) is 1.34. The van der Waals surface area contributed by atoms with Crippen molar-refractivity contribution in [1.82, 2.24) is 0 Å². The monoisotopic (exact) mass is 247 g/mol. The van der Waals surface area contributed by atoms with E-state index in [0.717, 1.165) is 0 Å². The third-order valence-corrected chi connectivity index (χ3v) is 0. The summed E-state index contributed by atoms with van der Waals surface area (Å²) in [6.07, 6.45) is 0. The van der Waals surface area contributed by atoms with Crippen LogP contribution in [0.3, 0.4) is 0 Å². The Bertz CT molecular complexity index is 53.7. The summed E-state index contributed by atoms with van der Waals surface area (Å²) in [5.41, 5.74) is 0. The number of rotatable bonds is 0. The Morgan fingerprint density at radius 1 is 1.17 bits per heavy atom. The Morgan fingerprint density at radius 3 is 1.17 bits per heavy atom. The zero-order valence-corrected chi connectivity index (χ0v) is 6.00. The van der Waals surface area contributed by atoms with Crippen LogP contribution in [0, 0.1) is 40.4 Å². The van der Waals surface area contributed by atoms with Gasteiger partial charge in [-0.3, -0.25) is 0 Å². The van der Waals surface area contributed by atoms with Crippen LogP contribution >= 0.6 is 7.82 Å². The molecule has 6 heteroatoms. The quantitative estimate of drug-likeness (QED) is 0.431. The van der Waals surface area contributed by atoms with Crippen LogP contribution in [0.4, 0.5) is 0 Å². The maximum Gasteiger partial charge on any atom is 3.00 e. The molecule has 0 aliphatic heterocycles. The van der Waals surface area contributed by atoms with Crippen LogP contribution in [0.25, 0.3) is 0 Å². The predicted molar refractivity (Wildman–Crippen MR) is 7.61 cm³/mol. The Labute approximate surface area is 66.9 Å². The second kappa shape index (κ2) is 3.45. The van der Waals surface area contributed by atoms with Gasteiger partial charge in [0.05, 0.1) is 0 Å². The first kappa shape index (κ1) is 10.4. The van der Waals surface area contributed by atoms with E-state index in [9.17, 15) is 0 Å². The molecule has 0 saturated carbocycles. The molecule has 0 aromatic heterocycles. The van der Waals surface area contributed by atoms with Gasteiger partial charge in [-0.25, -0.2) is 0 Å². The molecule has 0 amide bonds. The average molecular weight is 245 g/mol. The third-order valence-electron chi connectivity index (χ3n) is 0. The Balaban J connectivity index is 0. The van der Waals surface area contributed by atoms with Gasteiger partial charge in [0.25, 0.3) is 0 Å². The van der Waals surface area contributed by atoms with Gasteiger partial charge in [-0.2, -0.15) is 7.82 Å². The molecule has 0 rings (SSSR count). The molecular formula is O4PSm. The molecule has 0 aromatic rings. The van der Waals surface area contributed by atoms with Crippen LogP contribution in [0.1, 0.15) is 0 Å². The molecule has 4 nitrogen and oxygen atoms in total. The van der Waals surface area contributed by atoms with Crippen molar-refractivity contribution in [3.63, 3.8) is 0 Å². The van der Waals surface area contributed by atoms with Crippen LogP contribution in [0.2, 0.25) is 0 Å². The molecule has 0 unspecified atom stereocenters. The average Bonchev–Trinajstić information content (AvgIpc) is 0.722. The first-order valence-electron chi connectivity index (χ1n) is 0.730. The number of hydrogen-bond acceptors (Lipinski definition) is 4. The van der Waals surface area contributed by atoms with E-state index in [1.807, 2.05) is 0 Å². The van der Waals surface area contributed by atoms with E-state index in [4.69, 9.17) is 19.2 Å². The van der Waals surface area contributed by atoms with Crippen molar-refractivity contribution < 1.29 is 59.6 Å². The van der Waals surface area contributed by atoms with Gasteiger partial charge in [0.2, 0.25) is 0 Å². The summed E-state index contributed by atoms with van der Waals surface area (Å²) < 4.78 is 8.55. The molecule has 35 valence electrons. The summed E-state index contributed by atoms with van der Waals surface area (Å²) >= 11 is 0. The minimum atomic E-state index is -5.39. The SMILES string of the molecule is O=P([O-])([O-])[O-].[Sm+3]. The van der Waals surface area contributed by atoms with Crippen LogP contribution in [0.15, 0.2) is 0 Å². The van der Waals surface area contributed by atoms with Gasteiger partial charge in [-0.05, 0) is 0 Å². The van der Waals surface area contributed by atoms with Crippen molar-refractivity contribution in [2.45, 2.75) is 0 Å². The molecule has 0 bridgehead atoms. The molecule has 0 spiro atoms. The Hall–Kier alpha value is 1.45. The molecule has 0 aliphatic rings. The zero-order valence-electron chi connectivity index (χ0n) is 2.49. The van der Waals surface area contributed by atoms with Gasteiger partial charge in [0, 0.05) is 0 Å². The first-order valence-corrected chi connectivity index (χ1v) is 2.19. The smallest absolute Gasteiger partial charge is 0.822 e. The van der Waals surface area contributed by atoms with E-state index in [2.05, 4.69) is 0 Å². The van der Waals surface area contributed by atoms with Crippen LogP contribution < -0.4 is 14.7 Å². The third kappa shape index (κ3) is 51.4. The van der Waals surface area contributed by atoms with Crippen molar-refractivity contribution in [3.8, 4) is 0 Å². The predicted octanol–water partition coefficient (Wildman–Crippen LogP) is -2.82. The van der Waals surface area contributed by atoms with Crippen molar-refractivity contribution >= 4 is 7.82 Å². The zero-order chi connectivity index (χ0) is 4.50. The van der Waals surface area contributed by atoms with E-state index in [1.54, 1.807) is 0 Å². The normalized spacial score (nSPS) is 9.83. The van der Waals surface area contributed by atoms with E-state index >= 15 is 0 Å². The minimum Gasteiger partial charge on any atom is -0.822 e. The summed E-state index contributed by atoms with van der Waals surface area (Å²) in [5, 5.41) is 0. The standard InChI is InChI=1S/H3O4P.Sm/c1-5(2,3)4;/h(H3,1,2,3,4);/q;+3/p-3. The van der Waals surface area contributed by atoms with Gasteiger partial charge in [-0.15, -0.1) is 0 Å². The molecule has 6 heavy (non-hydrogen) atoms. The molecule has 0 atom stereocenters. The maximum atomic E-state index is 8.55. The topological polar surface area (TPSA) is 86.2 Å². The second-order valence-electron chi connectivity index (χ2n) is 0.447. The van der Waals surface area contributed by atoms with E-state index in [1.165, 1.54) is 0 Å². The summed E-state index contributed by atoms with van der Waals surface area (Å²) in [7, 11) is -5.39. The number of phosphoric acid groups is 1. The Morgan fingerprint density at radius 2 is 1.17 bits per heavy atom. The molecule has 0 saturated heterocycles. The van der Waals surface area contributed by atoms with Crippen LogP contribution in [-0.2, 0) is 4.57 Å². The van der Waals surface area contributed by atoms with Crippen molar-refractivity contribution in [3.05, 3.63) is 0 Å². The fraction of sp³-hybridized carbons (Fsp3) is 0. The van der Waals surface area contributed by atoms with Gasteiger partial charge in [-0.1, -0.05) is 0 Å². The molecular weight excluding hydrogens is 245 g/mol. The van der Waals surface area contributed by atoms with Gasteiger partial charge >= 0.3 is 40.4 Å². The van der Waals surface area contributed by atoms with Gasteiger partial charge in [0.1, 0.15) is 0 Å². The van der Waals surface area contributed by atoms with E-state index in [-0.39, 0.29) is 40.4 Å². The maximum absolute atomic E-state index is 8.55. The van der Waals surface area contributed by atoms with Crippen LogP contribution in [0.5, 0.6) is 0 Å². The summed E-state index contributed by atoms with van der Waals surface area (Å²) in [6, 6.07) is 0. The molecule has 0 aliphatic carbocycles. The molecule has 0 fully saturated rings. The first-order chi connectivity index (χ1) is 2.00. The molecule has 0 aromatic carbocycles. The fourth-order valence-corrected chi connectivity index (χ4v) is 0. The van der Waals surface area contributed by atoms with Crippen molar-refractivity contribution in [2.24, 2.45) is 0 Å². The summed E-state index contributed by atoms with van der Waals surface area (Å²) in [4.78, 5) is 25.6. The molecule has 0 N–H and O–H groups in total. The number of hydrogen-bond donors (Lipinski definition) is 0. The molecule has 0 heterocycles. The van der Waals surface area contributed by atoms with Crippen molar-refractivity contribution in [1.29, 1.82) is 0 Å². The van der Waals surface area contributed by atoms with Gasteiger partial charge in [0.15, 0.2) is 0 Å². The summed E-state index contributed by atoms with van der Waals surface area (Å²) in [5.74, 6) is 0. The molecule has 1 radical (unpaired) electrons.